The van der Waals surface area contributed by atoms with Gasteiger partial charge in [-0.15, -0.1) is 0 Å². The molecule has 1 aromatic heterocycles. The zero-order valence-electron chi connectivity index (χ0n) is 13.0. The average molecular weight is 314 g/mol. The molecule has 6 nitrogen and oxygen atoms in total. The fourth-order valence-electron chi connectivity index (χ4n) is 3.24. The molecule has 2 aromatic rings. The van der Waals surface area contributed by atoms with Gasteiger partial charge >= 0.3 is 0 Å². The van der Waals surface area contributed by atoms with E-state index in [1.54, 1.807) is 4.90 Å². The number of carbonyl (C=O) groups excluding carboxylic acids is 2. The fraction of sp³-hybridized carbons (Fsp3) is 0.412. The van der Waals surface area contributed by atoms with Gasteiger partial charge in [-0.1, -0.05) is 18.2 Å². The highest BCUT2D eigenvalue weighted by atomic mass is 16.2. The van der Waals surface area contributed by atoms with Crippen LogP contribution in [0.25, 0.3) is 10.9 Å². The molecule has 122 valence electrons. The first kappa shape index (κ1) is 15.6. The summed E-state index contributed by atoms with van der Waals surface area (Å²) in [4.78, 5) is 28.7. The van der Waals surface area contributed by atoms with Crippen LogP contribution in [-0.2, 0) is 16.0 Å². The predicted molar refractivity (Wildman–Crippen MR) is 88.5 cm³/mol. The maximum Gasteiger partial charge on any atom is 0.239 e. The van der Waals surface area contributed by atoms with Crippen LogP contribution < -0.4 is 11.5 Å². The summed E-state index contributed by atoms with van der Waals surface area (Å²) < 4.78 is 0. The van der Waals surface area contributed by atoms with Crippen LogP contribution in [0.2, 0.25) is 0 Å². The second-order valence-corrected chi connectivity index (χ2v) is 6.17. The number of fused-ring (bicyclic) bond motifs is 1. The number of amides is 2. The molecule has 1 atom stereocenters. The number of rotatable bonds is 4. The van der Waals surface area contributed by atoms with E-state index in [0.29, 0.717) is 32.4 Å². The number of hydrogen-bond donors (Lipinski definition) is 3. The number of aromatic nitrogens is 1. The molecule has 0 aliphatic carbocycles. The van der Waals surface area contributed by atoms with Crippen LogP contribution in [0.15, 0.2) is 30.5 Å². The number of primary amides is 1. The topological polar surface area (TPSA) is 105 Å². The number of aromatic amines is 1. The molecule has 6 heteroatoms. The number of hydrogen-bond acceptors (Lipinski definition) is 3. The molecule has 0 saturated carbocycles. The SMILES string of the molecule is NC(=O)C1CCN(C(=O)[C@@H](N)Cc2c[nH]c3ccccc23)CC1. The van der Waals surface area contributed by atoms with Crippen molar-refractivity contribution in [3.8, 4) is 0 Å². The van der Waals surface area contributed by atoms with Gasteiger partial charge in [0.1, 0.15) is 0 Å². The lowest BCUT2D eigenvalue weighted by Gasteiger charge is -2.32. The van der Waals surface area contributed by atoms with Gasteiger partial charge in [-0.2, -0.15) is 0 Å². The van der Waals surface area contributed by atoms with Gasteiger partial charge in [0, 0.05) is 36.1 Å². The molecule has 0 radical (unpaired) electrons. The molecule has 23 heavy (non-hydrogen) atoms. The van der Waals surface area contributed by atoms with Crippen molar-refractivity contribution in [2.45, 2.75) is 25.3 Å². The van der Waals surface area contributed by atoms with Gasteiger partial charge in [-0.25, -0.2) is 0 Å². The molecular formula is C17H22N4O2. The van der Waals surface area contributed by atoms with E-state index in [1.807, 2.05) is 30.5 Å². The summed E-state index contributed by atoms with van der Waals surface area (Å²) in [5.41, 5.74) is 13.5. The van der Waals surface area contributed by atoms with Crippen molar-refractivity contribution < 1.29 is 9.59 Å². The molecule has 1 aliphatic heterocycles. The van der Waals surface area contributed by atoms with Gasteiger partial charge in [-0.05, 0) is 30.9 Å². The zero-order chi connectivity index (χ0) is 16.4. The van der Waals surface area contributed by atoms with Crippen LogP contribution >= 0.6 is 0 Å². The number of nitrogens with zero attached hydrogens (tertiary/aromatic N) is 1. The van der Waals surface area contributed by atoms with E-state index >= 15 is 0 Å². The number of nitrogens with one attached hydrogen (secondary N) is 1. The number of carbonyl (C=O) groups is 2. The summed E-state index contributed by atoms with van der Waals surface area (Å²) in [6.45, 7) is 1.10. The van der Waals surface area contributed by atoms with E-state index < -0.39 is 6.04 Å². The lowest BCUT2D eigenvalue weighted by atomic mass is 9.95. The Hall–Kier alpha value is -2.34. The highest BCUT2D eigenvalue weighted by Gasteiger charge is 2.28. The summed E-state index contributed by atoms with van der Waals surface area (Å²) in [7, 11) is 0. The quantitative estimate of drug-likeness (QED) is 0.776. The van der Waals surface area contributed by atoms with Crippen molar-refractivity contribution in [1.29, 1.82) is 0 Å². The molecule has 0 unspecified atom stereocenters. The molecule has 5 N–H and O–H groups in total. The van der Waals surface area contributed by atoms with E-state index in [0.717, 1.165) is 16.5 Å². The summed E-state index contributed by atoms with van der Waals surface area (Å²) in [5.74, 6) is -0.456. The predicted octanol–water partition coefficient (Wildman–Crippen LogP) is 0.762. The zero-order valence-corrected chi connectivity index (χ0v) is 13.0. The number of benzene rings is 1. The molecule has 2 heterocycles. The highest BCUT2D eigenvalue weighted by molar-refractivity contribution is 5.86. The van der Waals surface area contributed by atoms with Crippen LogP contribution in [0.5, 0.6) is 0 Å². The number of H-pyrrole nitrogens is 1. The molecule has 0 bridgehead atoms. The average Bonchev–Trinajstić information content (AvgIpc) is 2.97. The van der Waals surface area contributed by atoms with Gasteiger partial charge in [0.25, 0.3) is 0 Å². The van der Waals surface area contributed by atoms with Crippen LogP contribution in [-0.4, -0.2) is 40.8 Å². The summed E-state index contributed by atoms with van der Waals surface area (Å²) in [6.07, 6.45) is 3.66. The molecule has 1 saturated heterocycles. The number of piperidine rings is 1. The maximum absolute atomic E-state index is 12.5. The van der Waals surface area contributed by atoms with E-state index in [1.165, 1.54) is 0 Å². The monoisotopic (exact) mass is 314 g/mol. The second kappa shape index (κ2) is 6.42. The summed E-state index contributed by atoms with van der Waals surface area (Å²) >= 11 is 0. The number of likely N-dealkylation sites (tertiary alicyclic amines) is 1. The van der Waals surface area contributed by atoms with Crippen molar-refractivity contribution in [1.82, 2.24) is 9.88 Å². The first-order chi connectivity index (χ1) is 11.1. The Labute approximate surface area is 134 Å². The van der Waals surface area contributed by atoms with Crippen LogP contribution in [0.1, 0.15) is 18.4 Å². The fourth-order valence-corrected chi connectivity index (χ4v) is 3.24. The Morgan fingerprint density at radius 2 is 1.96 bits per heavy atom. The number of para-hydroxylation sites is 1. The third-order valence-electron chi connectivity index (χ3n) is 4.64. The van der Waals surface area contributed by atoms with Gasteiger partial charge in [0.05, 0.1) is 6.04 Å². The third-order valence-corrected chi connectivity index (χ3v) is 4.64. The Bertz CT molecular complexity index is 716. The van der Waals surface area contributed by atoms with Gasteiger partial charge in [0.15, 0.2) is 0 Å². The lowest BCUT2D eigenvalue weighted by Crippen LogP contribution is -2.49. The van der Waals surface area contributed by atoms with Gasteiger partial charge < -0.3 is 21.4 Å². The number of nitrogens with two attached hydrogens (primary N) is 2. The summed E-state index contributed by atoms with van der Waals surface area (Å²) in [5, 5.41) is 1.10. The van der Waals surface area contributed by atoms with Crippen molar-refractivity contribution in [2.75, 3.05) is 13.1 Å². The molecular weight excluding hydrogens is 292 g/mol. The normalized spacial score (nSPS) is 17.3. The largest absolute Gasteiger partial charge is 0.369 e. The Morgan fingerprint density at radius 1 is 1.26 bits per heavy atom. The third kappa shape index (κ3) is 3.22. The van der Waals surface area contributed by atoms with Crippen LogP contribution in [0.3, 0.4) is 0 Å². The van der Waals surface area contributed by atoms with E-state index in [9.17, 15) is 9.59 Å². The van der Waals surface area contributed by atoms with Crippen molar-refractivity contribution in [3.63, 3.8) is 0 Å². The van der Waals surface area contributed by atoms with Crippen molar-refractivity contribution in [2.24, 2.45) is 17.4 Å². The molecule has 2 amide bonds. The Morgan fingerprint density at radius 3 is 2.65 bits per heavy atom. The maximum atomic E-state index is 12.5. The van der Waals surface area contributed by atoms with E-state index in [4.69, 9.17) is 11.5 Å². The second-order valence-electron chi connectivity index (χ2n) is 6.17. The lowest BCUT2D eigenvalue weighted by molar-refractivity contribution is -0.136. The standard InChI is InChI=1S/C17H22N4O2/c18-14(9-12-10-20-15-4-2-1-3-13(12)15)17(23)21-7-5-11(6-8-21)16(19)22/h1-4,10-11,14,20H,5-9,18H2,(H2,19,22)/t14-/m0/s1. The Balaban J connectivity index is 1.63. The highest BCUT2D eigenvalue weighted by Crippen LogP contribution is 2.21. The molecule has 1 aromatic carbocycles. The minimum absolute atomic E-state index is 0.0572. The molecule has 0 spiro atoms. The first-order valence-electron chi connectivity index (χ1n) is 7.95. The first-order valence-corrected chi connectivity index (χ1v) is 7.95. The van der Waals surface area contributed by atoms with Crippen LogP contribution in [0, 0.1) is 5.92 Å². The van der Waals surface area contributed by atoms with Gasteiger partial charge in [0.2, 0.25) is 11.8 Å². The van der Waals surface area contributed by atoms with E-state index in [-0.39, 0.29) is 17.7 Å². The minimum atomic E-state index is -0.570. The van der Waals surface area contributed by atoms with Gasteiger partial charge in [-0.3, -0.25) is 9.59 Å². The molecule has 3 rings (SSSR count). The molecule has 1 aliphatic rings. The minimum Gasteiger partial charge on any atom is -0.369 e. The summed E-state index contributed by atoms with van der Waals surface area (Å²) in [6, 6.07) is 7.40. The Kier molecular flexibility index (Phi) is 4.34. The van der Waals surface area contributed by atoms with E-state index in [2.05, 4.69) is 4.98 Å². The van der Waals surface area contributed by atoms with Crippen molar-refractivity contribution in [3.05, 3.63) is 36.0 Å². The smallest absolute Gasteiger partial charge is 0.239 e. The van der Waals surface area contributed by atoms with Crippen LogP contribution in [0.4, 0.5) is 0 Å². The molecule has 1 fully saturated rings. The van der Waals surface area contributed by atoms with Crippen molar-refractivity contribution >= 4 is 22.7 Å².